The highest BCUT2D eigenvalue weighted by Gasteiger charge is 2.33. The molecule has 2 aromatic heterocycles. The third kappa shape index (κ3) is 5.73. The summed E-state index contributed by atoms with van der Waals surface area (Å²) in [6, 6.07) is 20.8. The number of aromatic nitrogens is 4. The summed E-state index contributed by atoms with van der Waals surface area (Å²) in [5.74, 6) is -2.22. The minimum absolute atomic E-state index is 0.0114. The highest BCUT2D eigenvalue weighted by atomic mass is 32.2. The van der Waals surface area contributed by atoms with Crippen LogP contribution in [0.4, 0.5) is 5.69 Å². The van der Waals surface area contributed by atoms with Gasteiger partial charge >= 0.3 is 11.7 Å². The van der Waals surface area contributed by atoms with Crippen molar-refractivity contribution in [1.82, 2.24) is 19.7 Å². The van der Waals surface area contributed by atoms with E-state index in [-0.39, 0.29) is 36.1 Å². The van der Waals surface area contributed by atoms with Crippen molar-refractivity contribution >= 4 is 32.8 Å². The molecule has 0 radical (unpaired) electrons. The molecule has 15 nitrogen and oxygen atoms in total. The predicted octanol–water partition coefficient (Wildman–Crippen LogP) is 5.01. The van der Waals surface area contributed by atoms with E-state index in [0.29, 0.717) is 17.1 Å². The zero-order valence-electron chi connectivity index (χ0n) is 24.3. The number of aromatic carboxylic acids is 1. The van der Waals surface area contributed by atoms with Crippen molar-refractivity contribution in [2.45, 2.75) is 18.4 Å². The van der Waals surface area contributed by atoms with Crippen LogP contribution >= 0.6 is 0 Å². The van der Waals surface area contributed by atoms with Gasteiger partial charge in [-0.15, -0.1) is 0 Å². The van der Waals surface area contributed by atoms with Gasteiger partial charge in [-0.2, -0.15) is 13.4 Å². The quantitative estimate of drug-likeness (QED) is 0.100. The molecule has 0 aliphatic rings. The highest BCUT2D eigenvalue weighted by molar-refractivity contribution is 7.86. The first kappa shape index (κ1) is 30.9. The summed E-state index contributed by atoms with van der Waals surface area (Å²) in [4.78, 5) is 41.4. The summed E-state index contributed by atoms with van der Waals surface area (Å²) in [5.41, 5.74) is 1.27. The summed E-state index contributed by atoms with van der Waals surface area (Å²) in [7, 11) is -5.09. The Morgan fingerprint density at radius 1 is 1.02 bits per heavy atom. The first-order valence-electron chi connectivity index (χ1n) is 13.9. The fourth-order valence-corrected chi connectivity index (χ4v) is 6.12. The number of aromatic amines is 1. The second kappa shape index (κ2) is 12.0. The van der Waals surface area contributed by atoms with E-state index < -0.39 is 48.5 Å². The molecule has 16 heteroatoms. The Morgan fingerprint density at radius 3 is 2.34 bits per heavy atom. The number of nitrogens with one attached hydrogen (secondary N) is 1. The van der Waals surface area contributed by atoms with Crippen LogP contribution in [0, 0.1) is 10.1 Å². The minimum Gasteiger partial charge on any atom is -0.478 e. The Labute approximate surface area is 264 Å². The molecule has 238 valence electrons. The van der Waals surface area contributed by atoms with E-state index in [1.807, 2.05) is 36.4 Å². The first-order chi connectivity index (χ1) is 22.5. The fourth-order valence-electron chi connectivity index (χ4n) is 5.44. The lowest BCUT2D eigenvalue weighted by Gasteiger charge is -2.15. The molecular formula is C31H23N5O10S. The van der Waals surface area contributed by atoms with Crippen LogP contribution in [0.2, 0.25) is 0 Å². The van der Waals surface area contributed by atoms with Gasteiger partial charge in [0, 0.05) is 17.2 Å². The van der Waals surface area contributed by atoms with Gasteiger partial charge in [0.25, 0.3) is 21.8 Å². The third-order valence-corrected chi connectivity index (χ3v) is 8.23. The lowest BCUT2D eigenvalue weighted by Crippen LogP contribution is -2.12. The van der Waals surface area contributed by atoms with Gasteiger partial charge in [-0.1, -0.05) is 65.8 Å². The minimum atomic E-state index is -5.09. The molecule has 4 aromatic carbocycles. The molecule has 6 rings (SSSR count). The van der Waals surface area contributed by atoms with Crippen molar-refractivity contribution in [3.05, 3.63) is 111 Å². The number of imidazole rings is 1. The number of rotatable bonds is 10. The normalized spacial score (nSPS) is 11.5. The number of ether oxygens (including phenoxy) is 1. The van der Waals surface area contributed by atoms with Crippen molar-refractivity contribution in [1.29, 1.82) is 0 Å². The number of fused-ring (bicyclic) bond motifs is 1. The number of nitrogens with zero attached hydrogens (tertiary/aromatic N) is 4. The fraction of sp³-hybridized carbons (Fsp3) is 0.0968. The van der Waals surface area contributed by atoms with E-state index in [4.69, 9.17) is 4.74 Å². The summed E-state index contributed by atoms with van der Waals surface area (Å²) in [6.45, 7) is 2.05. The molecule has 2 heterocycles. The van der Waals surface area contributed by atoms with E-state index in [9.17, 15) is 37.8 Å². The third-order valence-electron chi connectivity index (χ3n) is 7.34. The van der Waals surface area contributed by atoms with E-state index >= 15 is 0 Å². The van der Waals surface area contributed by atoms with Crippen LogP contribution in [-0.4, -0.2) is 55.3 Å². The molecule has 0 spiro atoms. The average Bonchev–Trinajstić information content (AvgIpc) is 3.63. The van der Waals surface area contributed by atoms with Gasteiger partial charge in [0.05, 0.1) is 40.2 Å². The molecule has 0 aliphatic heterocycles. The molecule has 47 heavy (non-hydrogen) atoms. The number of hydrogen-bond acceptors (Lipinski definition) is 10. The number of nitro groups is 1. The topological polar surface area (TPSA) is 221 Å². The second-order valence-corrected chi connectivity index (χ2v) is 11.5. The van der Waals surface area contributed by atoms with E-state index in [0.717, 1.165) is 22.8 Å². The number of carboxylic acid groups (broad SMARTS) is 1. The van der Waals surface area contributed by atoms with Crippen molar-refractivity contribution in [3.8, 4) is 39.7 Å². The maximum Gasteiger partial charge on any atom is 0.439 e. The van der Waals surface area contributed by atoms with E-state index in [1.54, 1.807) is 29.7 Å². The Bertz CT molecular complexity index is 2360. The molecule has 0 unspecified atom stereocenters. The smallest absolute Gasteiger partial charge is 0.439 e. The van der Waals surface area contributed by atoms with Crippen LogP contribution in [-0.2, 0) is 16.7 Å². The summed E-state index contributed by atoms with van der Waals surface area (Å²) < 4.78 is 46.2. The number of nitro benzene ring substituents is 1. The van der Waals surface area contributed by atoms with Crippen LogP contribution in [0.25, 0.3) is 44.7 Å². The monoisotopic (exact) mass is 657 g/mol. The number of para-hydroxylation sites is 1. The van der Waals surface area contributed by atoms with Crippen molar-refractivity contribution < 1.29 is 37.1 Å². The first-order valence-corrected chi connectivity index (χ1v) is 15.3. The molecule has 0 atom stereocenters. The van der Waals surface area contributed by atoms with E-state index in [2.05, 4.69) is 19.6 Å². The Morgan fingerprint density at radius 2 is 1.72 bits per heavy atom. The van der Waals surface area contributed by atoms with E-state index in [1.165, 1.54) is 12.1 Å². The van der Waals surface area contributed by atoms with Gasteiger partial charge in [-0.3, -0.25) is 28.7 Å². The van der Waals surface area contributed by atoms with Gasteiger partial charge in [0.1, 0.15) is 4.90 Å². The van der Waals surface area contributed by atoms with Crippen LogP contribution < -0.4 is 10.5 Å². The van der Waals surface area contributed by atoms with Crippen molar-refractivity contribution in [2.75, 3.05) is 6.61 Å². The highest BCUT2D eigenvalue weighted by Crippen LogP contribution is 2.41. The van der Waals surface area contributed by atoms with Crippen LogP contribution in [0.15, 0.2) is 93.1 Å². The number of H-pyrrole nitrogens is 1. The van der Waals surface area contributed by atoms with Gasteiger partial charge in [-0.25, -0.2) is 9.59 Å². The molecular weight excluding hydrogens is 634 g/mol. The Kier molecular flexibility index (Phi) is 7.88. The molecule has 0 saturated carbocycles. The maximum absolute atomic E-state index is 12.4. The van der Waals surface area contributed by atoms with Crippen LogP contribution in [0.1, 0.15) is 22.8 Å². The molecule has 0 amide bonds. The van der Waals surface area contributed by atoms with Crippen molar-refractivity contribution in [3.63, 3.8) is 0 Å². The lowest BCUT2D eigenvalue weighted by atomic mass is 9.96. The summed E-state index contributed by atoms with van der Waals surface area (Å²) in [5, 5.41) is 26.0. The van der Waals surface area contributed by atoms with Gasteiger partial charge in [0.15, 0.2) is 5.82 Å². The molecule has 0 bridgehead atoms. The van der Waals surface area contributed by atoms with Crippen LogP contribution in [0.3, 0.4) is 0 Å². The number of hydrogen-bond donors (Lipinski definition) is 3. The molecule has 0 fully saturated rings. The molecule has 6 aromatic rings. The van der Waals surface area contributed by atoms with Gasteiger partial charge in [0.2, 0.25) is 0 Å². The van der Waals surface area contributed by atoms with Crippen molar-refractivity contribution in [2.24, 2.45) is 0 Å². The zero-order valence-corrected chi connectivity index (χ0v) is 25.1. The lowest BCUT2D eigenvalue weighted by molar-refractivity contribution is -0.384. The SMILES string of the molecule is CCOc1nc2cccc(-c3c([N+](=O)[O-])ccc(S(=O)(=O)O)c3C(=O)O)c2n1Cc1ccc(-c2ccccc2-c2noc(=O)[nH]2)cc1. The number of benzene rings is 4. The number of carbonyl (C=O) groups is 1. The Hall–Kier alpha value is -6.13. The molecule has 3 N–H and O–H groups in total. The zero-order chi connectivity index (χ0) is 33.5. The predicted molar refractivity (Wildman–Crippen MR) is 167 cm³/mol. The van der Waals surface area contributed by atoms with Crippen LogP contribution in [0.5, 0.6) is 6.01 Å². The van der Waals surface area contributed by atoms with Gasteiger partial charge < -0.3 is 9.84 Å². The standard InChI is InChI=1S/C31H23N5O10S/c1-2-45-30-32-22-9-5-8-21(25-23(36(40)41)14-15-24(47(42,43)44)26(25)29(37)38)27(22)35(30)16-17-10-12-18(13-11-17)19-6-3-4-7-20(19)28-33-31(39)46-34-28/h3-15H,2,16H2,1H3,(H,37,38)(H,33,34,39)(H,42,43,44). The summed E-state index contributed by atoms with van der Waals surface area (Å²) >= 11 is 0. The Balaban J connectivity index is 1.52. The largest absolute Gasteiger partial charge is 0.478 e. The molecule has 0 aliphatic carbocycles. The van der Waals surface area contributed by atoms with Gasteiger partial charge in [-0.05, 0) is 35.7 Å². The summed E-state index contributed by atoms with van der Waals surface area (Å²) in [6.07, 6.45) is 0. The maximum atomic E-state index is 12.4. The molecule has 0 saturated heterocycles. The number of carboxylic acids is 1. The average molecular weight is 658 g/mol. The second-order valence-electron chi connectivity index (χ2n) is 10.1.